The first kappa shape index (κ1) is 10.4. The average Bonchev–Trinajstić information content (AvgIpc) is 2.71. The maximum absolute atomic E-state index is 11.2. The fraction of sp³-hybridized carbons (Fsp3) is 0.300. The molecule has 0 radical (unpaired) electrons. The molecule has 0 atom stereocenters. The van der Waals surface area contributed by atoms with E-state index in [2.05, 4.69) is 9.97 Å². The van der Waals surface area contributed by atoms with Crippen molar-refractivity contribution in [1.29, 1.82) is 0 Å². The van der Waals surface area contributed by atoms with Gasteiger partial charge >= 0.3 is 0 Å². The Kier molecular flexibility index (Phi) is 2.67. The minimum Gasteiger partial charge on any atom is -0.293 e. The molecule has 0 aromatic carbocycles. The van der Waals surface area contributed by atoms with Crippen LogP contribution in [0.15, 0.2) is 6.20 Å². The van der Waals surface area contributed by atoms with Crippen molar-refractivity contribution in [2.24, 2.45) is 0 Å². The van der Waals surface area contributed by atoms with Crippen LogP contribution < -0.4 is 0 Å². The van der Waals surface area contributed by atoms with Gasteiger partial charge in [-0.1, -0.05) is 0 Å². The van der Waals surface area contributed by atoms with Crippen LogP contribution in [0.2, 0.25) is 0 Å². The van der Waals surface area contributed by atoms with Gasteiger partial charge in [-0.3, -0.25) is 4.79 Å². The summed E-state index contributed by atoms with van der Waals surface area (Å²) in [6, 6.07) is 0. The highest BCUT2D eigenvalue weighted by atomic mass is 32.1. The summed E-state index contributed by atoms with van der Waals surface area (Å²) < 4.78 is 0. The molecular formula is C10H10N2OS2. The molecule has 0 N–H and O–H groups in total. The predicted molar refractivity (Wildman–Crippen MR) is 62.7 cm³/mol. The van der Waals surface area contributed by atoms with Crippen LogP contribution in [0, 0.1) is 13.8 Å². The molecule has 0 amide bonds. The highest BCUT2D eigenvalue weighted by Crippen LogP contribution is 2.30. The largest absolute Gasteiger partial charge is 0.293 e. The lowest BCUT2D eigenvalue weighted by Crippen LogP contribution is -1.94. The van der Waals surface area contributed by atoms with E-state index < -0.39 is 0 Å². The van der Waals surface area contributed by atoms with Gasteiger partial charge in [0.25, 0.3) is 0 Å². The molecule has 0 fully saturated rings. The highest BCUT2D eigenvalue weighted by Gasteiger charge is 2.14. The molecule has 2 aromatic heterocycles. The Morgan fingerprint density at radius 3 is 2.47 bits per heavy atom. The molecular weight excluding hydrogens is 228 g/mol. The molecule has 0 unspecified atom stereocenters. The number of hydrogen-bond donors (Lipinski definition) is 0. The smallest absolute Gasteiger partial charge is 0.179 e. The Labute approximate surface area is 95.8 Å². The van der Waals surface area contributed by atoms with Gasteiger partial charge in [-0.2, -0.15) is 0 Å². The van der Waals surface area contributed by atoms with Gasteiger partial charge in [0.05, 0.1) is 0 Å². The van der Waals surface area contributed by atoms with Crippen LogP contribution >= 0.6 is 22.7 Å². The topological polar surface area (TPSA) is 42.9 Å². The number of thiazole rings is 2. The van der Waals surface area contributed by atoms with Gasteiger partial charge in [0.15, 0.2) is 15.8 Å². The summed E-state index contributed by atoms with van der Waals surface area (Å²) in [5.41, 5.74) is 0.572. The first-order chi connectivity index (χ1) is 7.08. The molecule has 0 saturated heterocycles. The van der Waals surface area contributed by atoms with E-state index >= 15 is 0 Å². The van der Waals surface area contributed by atoms with Gasteiger partial charge in [0.2, 0.25) is 0 Å². The third-order valence-corrected chi connectivity index (χ3v) is 3.96. The number of carbonyl (C=O) groups excluding carboxylic acids is 1. The summed E-state index contributed by atoms with van der Waals surface area (Å²) in [5.74, 6) is 0.0169. The molecule has 0 aliphatic rings. The monoisotopic (exact) mass is 238 g/mol. The van der Waals surface area contributed by atoms with Gasteiger partial charge in [-0.15, -0.1) is 22.7 Å². The van der Waals surface area contributed by atoms with E-state index in [9.17, 15) is 4.79 Å². The first-order valence-corrected chi connectivity index (χ1v) is 6.12. The maximum atomic E-state index is 11.2. The van der Waals surface area contributed by atoms with E-state index in [1.807, 2.05) is 20.0 Å². The quantitative estimate of drug-likeness (QED) is 0.755. The number of aryl methyl sites for hydroxylation is 2. The summed E-state index contributed by atoms with van der Waals surface area (Å²) in [6.45, 7) is 5.46. The number of Topliss-reactive ketones (excluding diaryl/α,β-unsaturated/α-hetero) is 1. The van der Waals surface area contributed by atoms with Crippen molar-refractivity contribution < 1.29 is 4.79 Å². The summed E-state index contributed by atoms with van der Waals surface area (Å²) >= 11 is 3.13. The molecule has 78 valence electrons. The summed E-state index contributed by atoms with van der Waals surface area (Å²) in [4.78, 5) is 21.9. The van der Waals surface area contributed by atoms with Crippen molar-refractivity contribution in [3.8, 4) is 10.0 Å². The lowest BCUT2D eigenvalue weighted by Gasteiger charge is -1.86. The van der Waals surface area contributed by atoms with Crippen molar-refractivity contribution in [1.82, 2.24) is 9.97 Å². The van der Waals surface area contributed by atoms with Crippen molar-refractivity contribution in [3.05, 3.63) is 21.6 Å². The van der Waals surface area contributed by atoms with Crippen molar-refractivity contribution in [3.63, 3.8) is 0 Å². The number of ketones is 1. The van der Waals surface area contributed by atoms with E-state index in [1.54, 1.807) is 18.3 Å². The normalized spacial score (nSPS) is 10.6. The van der Waals surface area contributed by atoms with Gasteiger partial charge < -0.3 is 0 Å². The zero-order valence-electron chi connectivity index (χ0n) is 8.70. The second-order valence-electron chi connectivity index (χ2n) is 3.26. The fourth-order valence-electron chi connectivity index (χ4n) is 1.27. The van der Waals surface area contributed by atoms with E-state index in [0.29, 0.717) is 5.69 Å². The Morgan fingerprint density at radius 1 is 1.27 bits per heavy atom. The van der Waals surface area contributed by atoms with Gasteiger partial charge in [-0.25, -0.2) is 9.97 Å². The molecule has 0 aliphatic carbocycles. The van der Waals surface area contributed by atoms with Gasteiger partial charge in [-0.05, 0) is 13.8 Å². The van der Waals surface area contributed by atoms with E-state index in [0.717, 1.165) is 19.8 Å². The fourth-order valence-corrected chi connectivity index (χ4v) is 3.02. The zero-order chi connectivity index (χ0) is 11.0. The van der Waals surface area contributed by atoms with Crippen LogP contribution in [0.4, 0.5) is 0 Å². The molecule has 2 aromatic rings. The number of hydrogen-bond acceptors (Lipinski definition) is 5. The third kappa shape index (κ3) is 1.98. The van der Waals surface area contributed by atoms with Crippen LogP contribution in [0.3, 0.4) is 0 Å². The van der Waals surface area contributed by atoms with E-state index in [4.69, 9.17) is 0 Å². The average molecular weight is 238 g/mol. The Morgan fingerprint density at radius 2 is 2.00 bits per heavy atom. The number of aromatic nitrogens is 2. The molecule has 15 heavy (non-hydrogen) atoms. The molecule has 0 spiro atoms. The van der Waals surface area contributed by atoms with Crippen LogP contribution in [0.25, 0.3) is 10.0 Å². The maximum Gasteiger partial charge on any atom is 0.179 e. The third-order valence-electron chi connectivity index (χ3n) is 1.93. The SMILES string of the molecule is CC(=O)c1nc(-c2ncc(C)s2)sc1C. The summed E-state index contributed by atoms with van der Waals surface area (Å²) in [5, 5.41) is 1.74. The first-order valence-electron chi connectivity index (χ1n) is 4.49. The lowest BCUT2D eigenvalue weighted by atomic mass is 10.3. The minimum atomic E-state index is 0.0169. The second-order valence-corrected chi connectivity index (χ2v) is 5.69. The molecule has 0 bridgehead atoms. The van der Waals surface area contributed by atoms with Gasteiger partial charge in [0.1, 0.15) is 5.69 Å². The molecule has 0 aliphatic heterocycles. The number of carbonyl (C=O) groups is 1. The van der Waals surface area contributed by atoms with E-state index in [1.165, 1.54) is 11.3 Å². The number of rotatable bonds is 2. The number of nitrogens with zero attached hydrogens (tertiary/aromatic N) is 2. The molecule has 3 nitrogen and oxygen atoms in total. The van der Waals surface area contributed by atoms with Crippen LogP contribution in [-0.4, -0.2) is 15.8 Å². The lowest BCUT2D eigenvalue weighted by molar-refractivity contribution is 0.101. The van der Waals surface area contributed by atoms with Crippen molar-refractivity contribution in [2.75, 3.05) is 0 Å². The predicted octanol–water partition coefficient (Wildman–Crippen LogP) is 3.09. The molecule has 2 heterocycles. The van der Waals surface area contributed by atoms with Crippen molar-refractivity contribution in [2.45, 2.75) is 20.8 Å². The standard InChI is InChI=1S/C10H10N2OS2/c1-5-4-11-9(14-5)10-12-8(6(2)13)7(3)15-10/h4H,1-3H3. The summed E-state index contributed by atoms with van der Waals surface area (Å²) in [7, 11) is 0. The zero-order valence-corrected chi connectivity index (χ0v) is 10.3. The van der Waals surface area contributed by atoms with Crippen LogP contribution in [0.1, 0.15) is 27.2 Å². The Hall–Kier alpha value is -1.07. The van der Waals surface area contributed by atoms with Crippen LogP contribution in [0.5, 0.6) is 0 Å². The van der Waals surface area contributed by atoms with Crippen molar-refractivity contribution >= 4 is 28.5 Å². The highest BCUT2D eigenvalue weighted by molar-refractivity contribution is 7.21. The van der Waals surface area contributed by atoms with Gasteiger partial charge in [0, 0.05) is 22.9 Å². The Balaban J connectivity index is 2.46. The molecule has 2 rings (SSSR count). The Bertz CT molecular complexity index is 513. The van der Waals surface area contributed by atoms with E-state index in [-0.39, 0.29) is 5.78 Å². The second kappa shape index (κ2) is 3.83. The molecule has 0 saturated carbocycles. The molecule has 5 heteroatoms. The summed E-state index contributed by atoms with van der Waals surface area (Å²) in [6.07, 6.45) is 1.82. The van der Waals surface area contributed by atoms with Crippen LogP contribution in [-0.2, 0) is 0 Å². The minimum absolute atomic E-state index is 0.0169.